The summed E-state index contributed by atoms with van der Waals surface area (Å²) in [5, 5.41) is 26.7. The second-order valence-corrected chi connectivity index (χ2v) is 4.15. The van der Waals surface area contributed by atoms with Gasteiger partial charge in [-0.3, -0.25) is 4.52 Å². The van der Waals surface area contributed by atoms with Crippen molar-refractivity contribution in [3.63, 3.8) is 0 Å². The molecule has 0 unspecified atom stereocenters. The van der Waals surface area contributed by atoms with Crippen LogP contribution in [0.3, 0.4) is 0 Å². The van der Waals surface area contributed by atoms with Crippen molar-refractivity contribution in [2.75, 3.05) is 6.61 Å². The zero-order valence-electron chi connectivity index (χ0n) is 7.88. The van der Waals surface area contributed by atoms with E-state index in [1.807, 2.05) is 0 Å². The van der Waals surface area contributed by atoms with Gasteiger partial charge in [0.2, 0.25) is 0 Å². The zero-order valence-corrected chi connectivity index (χ0v) is 8.77. The number of phosphoric acid groups is 1. The summed E-state index contributed by atoms with van der Waals surface area (Å²) in [6.45, 7) is -1.04. The Morgan fingerprint density at radius 1 is 1.31 bits per heavy atom. The first kappa shape index (κ1) is 15.6. The van der Waals surface area contributed by atoms with Crippen LogP contribution in [0, 0.1) is 0 Å². The van der Waals surface area contributed by atoms with Crippen molar-refractivity contribution in [1.29, 1.82) is 0 Å². The van der Waals surface area contributed by atoms with Crippen molar-refractivity contribution >= 4 is 14.1 Å². The van der Waals surface area contributed by atoms with Crippen LogP contribution in [-0.2, 0) is 13.9 Å². The lowest BCUT2D eigenvalue weighted by Crippen LogP contribution is -2.44. The number of aliphatic hydroxyl groups is 3. The molecule has 4 atom stereocenters. The molecule has 0 aliphatic heterocycles. The van der Waals surface area contributed by atoms with Crippen LogP contribution in [0.5, 0.6) is 0 Å². The highest BCUT2D eigenvalue weighted by Gasteiger charge is 2.33. The molecule has 0 fully saturated rings. The topological polar surface area (TPSA) is 145 Å². The van der Waals surface area contributed by atoms with E-state index in [9.17, 15) is 13.8 Å². The molecule has 0 aromatic rings. The molecule has 0 saturated carbocycles. The average molecular weight is 262 g/mol. The third kappa shape index (κ3) is 5.61. The molecule has 0 radical (unpaired) electrons. The Morgan fingerprint density at radius 2 is 1.81 bits per heavy atom. The van der Waals surface area contributed by atoms with Crippen LogP contribution in [0.2, 0.25) is 0 Å². The van der Waals surface area contributed by atoms with E-state index in [0.29, 0.717) is 0 Å². The van der Waals surface area contributed by atoms with E-state index in [2.05, 4.69) is 4.52 Å². The lowest BCUT2D eigenvalue weighted by Gasteiger charge is -2.22. The van der Waals surface area contributed by atoms with Gasteiger partial charge in [-0.05, 0) is 0 Å². The minimum atomic E-state index is -4.85. The van der Waals surface area contributed by atoms with Gasteiger partial charge in [-0.2, -0.15) is 0 Å². The van der Waals surface area contributed by atoms with Crippen LogP contribution in [0.15, 0.2) is 0 Å². The fourth-order valence-corrected chi connectivity index (χ4v) is 1.11. The number of phosphoric ester groups is 1. The fraction of sp³-hybridized carbons (Fsp3) is 0.833. The summed E-state index contributed by atoms with van der Waals surface area (Å²) in [7, 11) is -4.85. The number of halogens is 1. The molecule has 0 aromatic carbocycles. The number of hydrogen-bond acceptors (Lipinski definition) is 6. The van der Waals surface area contributed by atoms with Gasteiger partial charge in [0, 0.05) is 0 Å². The van der Waals surface area contributed by atoms with E-state index in [4.69, 9.17) is 25.1 Å². The number of aldehydes is 1. The van der Waals surface area contributed by atoms with Crippen molar-refractivity contribution in [2.45, 2.75) is 24.5 Å². The summed E-state index contributed by atoms with van der Waals surface area (Å²) in [6, 6.07) is 0. The molecular weight excluding hydrogens is 250 g/mol. The molecule has 0 aliphatic carbocycles. The molecule has 10 heteroatoms. The van der Waals surface area contributed by atoms with Gasteiger partial charge in [-0.1, -0.05) is 0 Å². The van der Waals surface area contributed by atoms with Crippen LogP contribution >= 0.6 is 7.82 Å². The first-order valence-corrected chi connectivity index (χ1v) is 5.55. The van der Waals surface area contributed by atoms with Crippen LogP contribution in [-0.4, -0.2) is 62.5 Å². The van der Waals surface area contributed by atoms with Crippen molar-refractivity contribution in [2.24, 2.45) is 0 Å². The Hall–Kier alpha value is -0.410. The number of aliphatic hydroxyl groups excluding tert-OH is 3. The lowest BCUT2D eigenvalue weighted by molar-refractivity contribution is -0.126. The fourth-order valence-electron chi connectivity index (χ4n) is 0.761. The quantitative estimate of drug-likeness (QED) is 0.255. The smallest absolute Gasteiger partial charge is 0.388 e. The van der Waals surface area contributed by atoms with Crippen molar-refractivity contribution in [1.82, 2.24) is 0 Å². The SMILES string of the molecule is O=C[C@H](O)[C@@H](F)[C@H](O)[C@H](O)COP(=O)(O)O. The van der Waals surface area contributed by atoms with Crippen molar-refractivity contribution < 1.29 is 43.4 Å². The van der Waals surface area contributed by atoms with Gasteiger partial charge in [0.1, 0.15) is 18.3 Å². The van der Waals surface area contributed by atoms with Crippen LogP contribution in [0.25, 0.3) is 0 Å². The van der Waals surface area contributed by atoms with Gasteiger partial charge < -0.3 is 29.9 Å². The van der Waals surface area contributed by atoms with Crippen LogP contribution in [0.4, 0.5) is 4.39 Å². The van der Waals surface area contributed by atoms with Crippen molar-refractivity contribution in [3.05, 3.63) is 0 Å². The summed E-state index contributed by atoms with van der Waals surface area (Å²) >= 11 is 0. The van der Waals surface area contributed by atoms with Crippen LogP contribution < -0.4 is 0 Å². The van der Waals surface area contributed by atoms with Gasteiger partial charge in [0.25, 0.3) is 0 Å². The number of carbonyl (C=O) groups excluding carboxylic acids is 1. The standard InChI is InChI=1S/C6H12FO8P/c7-5(3(9)1-8)6(11)4(10)2-15-16(12,13)14/h1,3-6,9-11H,2H2,(H2,12,13,14)/t3-,4+,5+,6+/m0/s1. The summed E-state index contributed by atoms with van der Waals surface area (Å²) in [4.78, 5) is 26.4. The number of carbonyl (C=O) groups is 1. The molecule has 16 heavy (non-hydrogen) atoms. The molecular formula is C6H12FO8P. The van der Waals surface area contributed by atoms with E-state index < -0.39 is 38.9 Å². The maximum absolute atomic E-state index is 12.9. The Kier molecular flexibility index (Phi) is 6.19. The Bertz CT molecular complexity index is 267. The van der Waals surface area contributed by atoms with Gasteiger partial charge >= 0.3 is 7.82 Å². The molecule has 0 spiro atoms. The molecule has 0 saturated heterocycles. The summed E-state index contributed by atoms with van der Waals surface area (Å²) in [5.74, 6) is 0. The Balaban J connectivity index is 4.22. The lowest BCUT2D eigenvalue weighted by atomic mass is 10.1. The normalized spacial score (nSPS) is 19.9. The minimum Gasteiger partial charge on any atom is -0.388 e. The summed E-state index contributed by atoms with van der Waals surface area (Å²) < 4.78 is 26.9. The predicted molar refractivity (Wildman–Crippen MR) is 47.0 cm³/mol. The molecule has 0 amide bonds. The van der Waals surface area contributed by atoms with E-state index in [-0.39, 0.29) is 6.29 Å². The molecule has 96 valence electrons. The average Bonchev–Trinajstić information content (AvgIpc) is 2.21. The van der Waals surface area contributed by atoms with Crippen molar-refractivity contribution in [3.8, 4) is 0 Å². The Labute approximate surface area is 89.5 Å². The molecule has 0 rings (SSSR count). The monoisotopic (exact) mass is 262 g/mol. The van der Waals surface area contributed by atoms with E-state index in [1.54, 1.807) is 0 Å². The minimum absolute atomic E-state index is 0.190. The second kappa shape index (κ2) is 6.36. The third-order valence-electron chi connectivity index (χ3n) is 1.60. The predicted octanol–water partition coefficient (Wildman–Crippen LogP) is -2.28. The number of alkyl halides is 1. The summed E-state index contributed by atoms with van der Waals surface area (Å²) in [5.41, 5.74) is 0. The third-order valence-corrected chi connectivity index (χ3v) is 2.09. The van der Waals surface area contributed by atoms with Gasteiger partial charge in [-0.25, -0.2) is 8.96 Å². The molecule has 5 N–H and O–H groups in total. The molecule has 8 nitrogen and oxygen atoms in total. The maximum atomic E-state index is 12.9. The zero-order chi connectivity index (χ0) is 12.9. The maximum Gasteiger partial charge on any atom is 0.469 e. The van der Waals surface area contributed by atoms with E-state index in [0.717, 1.165) is 0 Å². The largest absolute Gasteiger partial charge is 0.469 e. The van der Waals surface area contributed by atoms with Gasteiger partial charge in [0.05, 0.1) is 6.61 Å². The first-order valence-electron chi connectivity index (χ1n) is 4.02. The number of rotatable bonds is 7. The van der Waals surface area contributed by atoms with E-state index in [1.165, 1.54) is 0 Å². The molecule has 0 aromatic heterocycles. The van der Waals surface area contributed by atoms with Crippen LogP contribution in [0.1, 0.15) is 0 Å². The number of hydrogen-bond donors (Lipinski definition) is 5. The Morgan fingerprint density at radius 3 is 2.19 bits per heavy atom. The molecule has 0 heterocycles. The highest BCUT2D eigenvalue weighted by atomic mass is 31.2. The first-order chi connectivity index (χ1) is 7.19. The van der Waals surface area contributed by atoms with E-state index >= 15 is 0 Å². The second-order valence-electron chi connectivity index (χ2n) is 2.92. The highest BCUT2D eigenvalue weighted by molar-refractivity contribution is 7.46. The van der Waals surface area contributed by atoms with Gasteiger partial charge in [-0.15, -0.1) is 0 Å². The molecule has 0 bridgehead atoms. The van der Waals surface area contributed by atoms with Gasteiger partial charge in [0.15, 0.2) is 12.5 Å². The summed E-state index contributed by atoms with van der Waals surface area (Å²) in [6.07, 6.45) is -9.00. The molecule has 0 aliphatic rings. The highest BCUT2D eigenvalue weighted by Crippen LogP contribution is 2.35.